The molecule has 3 heteroatoms. The molecule has 0 saturated carbocycles. The molecule has 0 bridgehead atoms. The molecule has 0 radical (unpaired) electrons. The summed E-state index contributed by atoms with van der Waals surface area (Å²) in [4.78, 5) is 0. The third-order valence-electron chi connectivity index (χ3n) is 2.86. The second-order valence-corrected chi connectivity index (χ2v) is 3.98. The molecule has 0 amide bonds. The fourth-order valence-electron chi connectivity index (χ4n) is 1.81. The summed E-state index contributed by atoms with van der Waals surface area (Å²) < 4.78 is 25.8. The average Bonchev–Trinajstić information content (AvgIpc) is 2.39. The van der Waals surface area contributed by atoms with Crippen molar-refractivity contribution in [3.63, 3.8) is 0 Å². The Labute approximate surface area is 104 Å². The van der Waals surface area contributed by atoms with Crippen LogP contribution in [0.1, 0.15) is 11.1 Å². The first-order valence-corrected chi connectivity index (χ1v) is 5.44. The van der Waals surface area contributed by atoms with Gasteiger partial charge >= 0.3 is 0 Å². The van der Waals surface area contributed by atoms with Crippen molar-refractivity contribution in [3.8, 4) is 0 Å². The molecule has 0 aromatic heterocycles. The lowest BCUT2D eigenvalue weighted by Gasteiger charge is -2.25. The van der Waals surface area contributed by atoms with Crippen LogP contribution >= 0.6 is 0 Å². The number of hydrogen-bond donors (Lipinski definition) is 1. The molecule has 0 heterocycles. The predicted octanol–water partition coefficient (Wildman–Crippen LogP) is 3.39. The molecule has 0 aliphatic carbocycles. The molecule has 0 aliphatic rings. The molecule has 0 saturated heterocycles. The SMILES string of the molecule is C=CC(O)(c1ccc(F)cc1)c1ccc(F)cc1. The molecule has 1 N–H and O–H groups in total. The Morgan fingerprint density at radius 2 is 1.17 bits per heavy atom. The van der Waals surface area contributed by atoms with Crippen LogP contribution in [0, 0.1) is 11.6 Å². The van der Waals surface area contributed by atoms with Gasteiger partial charge in [0.15, 0.2) is 0 Å². The highest BCUT2D eigenvalue weighted by atomic mass is 19.1. The maximum absolute atomic E-state index is 12.9. The molecule has 18 heavy (non-hydrogen) atoms. The zero-order valence-electron chi connectivity index (χ0n) is 9.61. The van der Waals surface area contributed by atoms with E-state index in [1.54, 1.807) is 0 Å². The molecule has 2 rings (SSSR count). The second kappa shape index (κ2) is 4.70. The Kier molecular flexibility index (Phi) is 3.26. The number of halogens is 2. The Morgan fingerprint density at radius 3 is 1.44 bits per heavy atom. The van der Waals surface area contributed by atoms with Crippen LogP contribution in [0.15, 0.2) is 61.2 Å². The molecule has 0 unspecified atom stereocenters. The first-order valence-electron chi connectivity index (χ1n) is 5.44. The van der Waals surface area contributed by atoms with Crippen LogP contribution < -0.4 is 0 Å². The van der Waals surface area contributed by atoms with Gasteiger partial charge in [0.2, 0.25) is 0 Å². The molecule has 2 aromatic carbocycles. The first-order chi connectivity index (χ1) is 8.56. The van der Waals surface area contributed by atoms with Crippen LogP contribution in [-0.4, -0.2) is 5.11 Å². The summed E-state index contributed by atoms with van der Waals surface area (Å²) in [7, 11) is 0. The average molecular weight is 246 g/mol. The van der Waals surface area contributed by atoms with Crippen LogP contribution in [0.3, 0.4) is 0 Å². The van der Waals surface area contributed by atoms with Crippen LogP contribution in [0.5, 0.6) is 0 Å². The van der Waals surface area contributed by atoms with Crippen molar-refractivity contribution in [1.82, 2.24) is 0 Å². The van der Waals surface area contributed by atoms with Gasteiger partial charge in [0.1, 0.15) is 17.2 Å². The normalized spacial score (nSPS) is 11.3. The molecule has 0 fully saturated rings. The maximum Gasteiger partial charge on any atom is 0.133 e. The topological polar surface area (TPSA) is 20.2 Å². The van der Waals surface area contributed by atoms with Crippen molar-refractivity contribution >= 4 is 0 Å². The van der Waals surface area contributed by atoms with Gasteiger partial charge in [-0.2, -0.15) is 0 Å². The third-order valence-corrected chi connectivity index (χ3v) is 2.86. The Balaban J connectivity index is 2.50. The Hall–Kier alpha value is -2.00. The van der Waals surface area contributed by atoms with E-state index >= 15 is 0 Å². The van der Waals surface area contributed by atoms with Crippen LogP contribution in [0.25, 0.3) is 0 Å². The largest absolute Gasteiger partial charge is 0.377 e. The van der Waals surface area contributed by atoms with E-state index in [-0.39, 0.29) is 11.6 Å². The fourth-order valence-corrected chi connectivity index (χ4v) is 1.81. The lowest BCUT2D eigenvalue weighted by atomic mass is 9.86. The Bertz CT molecular complexity index is 498. The van der Waals surface area contributed by atoms with Crippen molar-refractivity contribution < 1.29 is 13.9 Å². The van der Waals surface area contributed by atoms with E-state index in [0.29, 0.717) is 11.1 Å². The summed E-state index contributed by atoms with van der Waals surface area (Å²) in [5, 5.41) is 10.6. The summed E-state index contributed by atoms with van der Waals surface area (Å²) in [6, 6.07) is 10.9. The van der Waals surface area contributed by atoms with Crippen molar-refractivity contribution in [2.75, 3.05) is 0 Å². The molecule has 2 aromatic rings. The minimum atomic E-state index is -1.46. The van der Waals surface area contributed by atoms with Gasteiger partial charge in [0.25, 0.3) is 0 Å². The van der Waals surface area contributed by atoms with E-state index < -0.39 is 5.60 Å². The minimum Gasteiger partial charge on any atom is -0.377 e. The number of hydrogen-bond acceptors (Lipinski definition) is 1. The van der Waals surface area contributed by atoms with E-state index in [9.17, 15) is 13.9 Å². The first kappa shape index (κ1) is 12.5. The smallest absolute Gasteiger partial charge is 0.133 e. The third kappa shape index (κ3) is 2.17. The highest BCUT2D eigenvalue weighted by Crippen LogP contribution is 2.30. The van der Waals surface area contributed by atoms with Crippen molar-refractivity contribution in [2.45, 2.75) is 5.60 Å². The van der Waals surface area contributed by atoms with Crippen molar-refractivity contribution in [3.05, 3.63) is 83.9 Å². The lowest BCUT2D eigenvalue weighted by molar-refractivity contribution is 0.135. The van der Waals surface area contributed by atoms with Gasteiger partial charge in [-0.05, 0) is 35.4 Å². The summed E-state index contributed by atoms with van der Waals surface area (Å²) >= 11 is 0. The zero-order chi connectivity index (χ0) is 13.2. The van der Waals surface area contributed by atoms with Gasteiger partial charge in [0.05, 0.1) is 0 Å². The fraction of sp³-hybridized carbons (Fsp3) is 0.0667. The van der Waals surface area contributed by atoms with Crippen molar-refractivity contribution in [1.29, 1.82) is 0 Å². The minimum absolute atomic E-state index is 0.385. The van der Waals surface area contributed by atoms with Crippen molar-refractivity contribution in [2.24, 2.45) is 0 Å². The van der Waals surface area contributed by atoms with E-state index in [0.717, 1.165) is 0 Å². The highest BCUT2D eigenvalue weighted by molar-refractivity contribution is 5.40. The summed E-state index contributed by atoms with van der Waals surface area (Å²) in [6.07, 6.45) is 1.34. The van der Waals surface area contributed by atoms with Gasteiger partial charge in [-0.15, -0.1) is 0 Å². The van der Waals surface area contributed by atoms with E-state index in [2.05, 4.69) is 6.58 Å². The summed E-state index contributed by atoms with van der Waals surface area (Å²) in [5.74, 6) is -0.770. The molecule has 0 spiro atoms. The number of benzene rings is 2. The predicted molar refractivity (Wildman–Crippen MR) is 66.0 cm³/mol. The monoisotopic (exact) mass is 246 g/mol. The van der Waals surface area contributed by atoms with Crippen LogP contribution in [0.2, 0.25) is 0 Å². The quantitative estimate of drug-likeness (QED) is 0.823. The van der Waals surface area contributed by atoms with Crippen LogP contribution in [0.4, 0.5) is 8.78 Å². The molecule has 0 atom stereocenters. The van der Waals surface area contributed by atoms with Gasteiger partial charge < -0.3 is 5.11 Å². The number of rotatable bonds is 3. The second-order valence-electron chi connectivity index (χ2n) is 3.98. The van der Waals surface area contributed by atoms with E-state index in [1.165, 1.54) is 54.6 Å². The lowest BCUT2D eigenvalue weighted by Crippen LogP contribution is -2.24. The molecular weight excluding hydrogens is 234 g/mol. The van der Waals surface area contributed by atoms with Crippen LogP contribution in [-0.2, 0) is 5.60 Å². The standard InChI is InChI=1S/C15H12F2O/c1-2-15(18,11-3-7-13(16)8-4-11)12-5-9-14(17)10-6-12/h2-10,18H,1H2. The summed E-state index contributed by atoms with van der Waals surface area (Å²) in [5.41, 5.74) is -0.502. The molecule has 0 aliphatic heterocycles. The highest BCUT2D eigenvalue weighted by Gasteiger charge is 2.27. The van der Waals surface area contributed by atoms with Gasteiger partial charge in [-0.3, -0.25) is 0 Å². The van der Waals surface area contributed by atoms with Gasteiger partial charge in [-0.25, -0.2) is 8.78 Å². The number of aliphatic hydroxyl groups is 1. The van der Waals surface area contributed by atoms with E-state index in [4.69, 9.17) is 0 Å². The molecule has 1 nitrogen and oxygen atoms in total. The Morgan fingerprint density at radius 1 is 0.833 bits per heavy atom. The maximum atomic E-state index is 12.9. The molecular formula is C15H12F2O. The summed E-state index contributed by atoms with van der Waals surface area (Å²) in [6.45, 7) is 3.59. The zero-order valence-corrected chi connectivity index (χ0v) is 9.61. The van der Waals surface area contributed by atoms with Gasteiger partial charge in [0, 0.05) is 0 Å². The van der Waals surface area contributed by atoms with E-state index in [1.807, 2.05) is 0 Å². The molecule has 92 valence electrons. The van der Waals surface area contributed by atoms with Gasteiger partial charge in [-0.1, -0.05) is 36.9 Å².